The maximum atomic E-state index is 13.9. The van der Waals surface area contributed by atoms with E-state index in [1.165, 1.54) is 18.5 Å². The lowest BCUT2D eigenvalue weighted by atomic mass is 10.1. The third-order valence-corrected chi connectivity index (χ3v) is 7.88. The van der Waals surface area contributed by atoms with Gasteiger partial charge in [0.15, 0.2) is 6.10 Å². The first-order chi connectivity index (χ1) is 15.6. The maximum absolute atomic E-state index is 13.9. The van der Waals surface area contributed by atoms with E-state index >= 15 is 0 Å². The van der Waals surface area contributed by atoms with Crippen LogP contribution in [0, 0.1) is 12.7 Å². The van der Waals surface area contributed by atoms with E-state index in [2.05, 4.69) is 19.6 Å². The molecule has 2 N–H and O–H groups in total. The molecule has 1 unspecified atom stereocenters. The number of benzene rings is 2. The van der Waals surface area contributed by atoms with E-state index in [-0.39, 0.29) is 31.6 Å². The Kier molecular flexibility index (Phi) is 7.74. The van der Waals surface area contributed by atoms with E-state index in [9.17, 15) is 13.7 Å². The number of aromatic nitrogens is 2. The number of hydrogen-bond donors (Lipinski definition) is 2. The molecule has 0 saturated carbocycles. The Hall–Kier alpha value is -2.82. The summed E-state index contributed by atoms with van der Waals surface area (Å²) in [5.74, 6) is 0.278. The summed E-state index contributed by atoms with van der Waals surface area (Å²) >= 11 is 0. The van der Waals surface area contributed by atoms with Gasteiger partial charge in [0.05, 0.1) is 39.8 Å². The Morgan fingerprint density at radius 1 is 1.26 bits per heavy atom. The lowest BCUT2D eigenvalue weighted by molar-refractivity contribution is 0.0736. The Morgan fingerprint density at radius 3 is 2.71 bits per heavy atom. The van der Waals surface area contributed by atoms with Crippen molar-refractivity contribution in [3.63, 3.8) is 0 Å². The van der Waals surface area contributed by atoms with E-state index in [1.807, 2.05) is 26.8 Å². The lowest BCUT2D eigenvalue weighted by Gasteiger charge is -2.19. The molecule has 0 bridgehead atoms. The molecule has 10 heteroatoms. The van der Waals surface area contributed by atoms with Crippen LogP contribution < -0.4 is 10.1 Å². The summed E-state index contributed by atoms with van der Waals surface area (Å²) in [5, 5.41) is 13.9. The average molecular weight is 491 g/mol. The predicted molar refractivity (Wildman–Crippen MR) is 133 cm³/mol. The van der Waals surface area contributed by atoms with Gasteiger partial charge >= 0.3 is 0 Å². The molecule has 0 spiro atoms. The van der Waals surface area contributed by atoms with Crippen LogP contribution in [-0.2, 0) is 14.5 Å². The SMILES string of the molecule is C.Cc1cc(N=S(C)(=O)C(C)C)cc2ncnc(Nc3ccc(F)cc3O[C@@H]3COC[C@@H]3O)c12. The van der Waals surface area contributed by atoms with Crippen molar-refractivity contribution in [1.82, 2.24) is 9.97 Å². The minimum Gasteiger partial charge on any atom is -0.483 e. The number of aryl methyl sites for hydroxylation is 1. The molecule has 3 aromatic rings. The van der Waals surface area contributed by atoms with E-state index in [0.29, 0.717) is 22.7 Å². The third kappa shape index (κ3) is 5.45. The number of nitrogens with one attached hydrogen (secondary N) is 1. The number of rotatable bonds is 6. The van der Waals surface area contributed by atoms with Gasteiger partial charge in [-0.05, 0) is 36.8 Å². The quantitative estimate of drug-likeness (QED) is 0.514. The number of halogens is 1. The summed E-state index contributed by atoms with van der Waals surface area (Å²) in [4.78, 5) is 8.74. The maximum Gasteiger partial charge on any atom is 0.150 e. The standard InChI is InChI=1S/C23H27FN4O4S.CH4/c1-13(2)33(4,30)28-16-7-14(3)22-18(9-16)25-12-26-23(22)27-17-6-5-15(24)8-20(17)32-21-11-31-10-19(21)29;/h5-9,12-13,19,21,29H,10-11H2,1-4H3,(H,25,26,27);1H4/t19-,21+,33?;/m0./s1. The van der Waals surface area contributed by atoms with E-state index in [4.69, 9.17) is 9.47 Å². The molecule has 34 heavy (non-hydrogen) atoms. The highest BCUT2D eigenvalue weighted by Crippen LogP contribution is 2.34. The number of fused-ring (bicyclic) bond motifs is 1. The molecule has 0 amide bonds. The number of nitrogens with zero attached hydrogens (tertiary/aromatic N) is 3. The largest absolute Gasteiger partial charge is 0.483 e. The fraction of sp³-hybridized carbons (Fsp3) is 0.417. The van der Waals surface area contributed by atoms with Crippen LogP contribution in [0.25, 0.3) is 10.9 Å². The normalized spacial score (nSPS) is 19.5. The highest BCUT2D eigenvalue weighted by atomic mass is 32.2. The summed E-state index contributed by atoms with van der Waals surface area (Å²) in [6.45, 7) is 6.05. The second-order valence-corrected chi connectivity index (χ2v) is 11.3. The molecule has 8 nitrogen and oxygen atoms in total. The lowest BCUT2D eigenvalue weighted by Crippen LogP contribution is -2.30. The summed E-state index contributed by atoms with van der Waals surface area (Å²) in [6, 6.07) is 7.73. The second-order valence-electron chi connectivity index (χ2n) is 8.41. The van der Waals surface area contributed by atoms with Gasteiger partial charge in [-0.25, -0.2) is 18.6 Å². The second kappa shape index (κ2) is 10.2. The van der Waals surface area contributed by atoms with E-state index in [0.717, 1.165) is 10.9 Å². The van der Waals surface area contributed by atoms with Gasteiger partial charge < -0.3 is 19.9 Å². The van der Waals surface area contributed by atoms with Crippen molar-refractivity contribution in [3.05, 3.63) is 48.0 Å². The van der Waals surface area contributed by atoms with Gasteiger partial charge in [-0.2, -0.15) is 4.36 Å². The molecule has 3 atom stereocenters. The van der Waals surface area contributed by atoms with Crippen molar-refractivity contribution in [2.75, 3.05) is 24.8 Å². The number of aliphatic hydroxyl groups excluding tert-OH is 1. The first-order valence-electron chi connectivity index (χ1n) is 10.6. The zero-order chi connectivity index (χ0) is 23.8. The van der Waals surface area contributed by atoms with Gasteiger partial charge in [0.2, 0.25) is 0 Å². The van der Waals surface area contributed by atoms with Crippen LogP contribution in [0.3, 0.4) is 0 Å². The van der Waals surface area contributed by atoms with Gasteiger partial charge in [0.1, 0.15) is 29.8 Å². The molecule has 1 aromatic heterocycles. The highest BCUT2D eigenvalue weighted by Gasteiger charge is 2.29. The van der Waals surface area contributed by atoms with Crippen LogP contribution in [-0.4, -0.2) is 56.2 Å². The van der Waals surface area contributed by atoms with Crippen molar-refractivity contribution < 1.29 is 23.2 Å². The number of ether oxygens (including phenoxy) is 2. The summed E-state index contributed by atoms with van der Waals surface area (Å²) in [7, 11) is -2.39. The molecule has 0 aliphatic carbocycles. The Labute approximate surface area is 199 Å². The molecule has 2 aromatic carbocycles. The number of hydrogen-bond acceptors (Lipinski definition) is 8. The monoisotopic (exact) mass is 490 g/mol. The fourth-order valence-corrected chi connectivity index (χ4v) is 4.19. The van der Waals surface area contributed by atoms with Gasteiger partial charge in [0, 0.05) is 23.0 Å². The Morgan fingerprint density at radius 2 is 2.03 bits per heavy atom. The predicted octanol–water partition coefficient (Wildman–Crippen LogP) is 4.73. The molecule has 1 saturated heterocycles. The van der Waals surface area contributed by atoms with Gasteiger partial charge in [-0.15, -0.1) is 0 Å². The minimum absolute atomic E-state index is 0. The van der Waals surface area contributed by atoms with Crippen LogP contribution in [0.15, 0.2) is 41.0 Å². The fourth-order valence-electron chi connectivity index (χ4n) is 3.46. The summed E-state index contributed by atoms with van der Waals surface area (Å²) in [6.07, 6.45) is 1.68. The van der Waals surface area contributed by atoms with Crippen molar-refractivity contribution in [1.29, 1.82) is 0 Å². The molecule has 1 fully saturated rings. The number of anilines is 2. The van der Waals surface area contributed by atoms with Crippen LogP contribution >= 0.6 is 0 Å². The highest BCUT2D eigenvalue weighted by molar-refractivity contribution is 7.93. The van der Waals surface area contributed by atoms with Crippen molar-refractivity contribution in [2.24, 2.45) is 4.36 Å². The summed E-state index contributed by atoms with van der Waals surface area (Å²) in [5.41, 5.74) is 2.55. The van der Waals surface area contributed by atoms with E-state index in [1.54, 1.807) is 18.4 Å². The van der Waals surface area contributed by atoms with E-state index < -0.39 is 27.8 Å². The Bertz CT molecular complexity index is 1310. The molecule has 1 aliphatic heterocycles. The zero-order valence-electron chi connectivity index (χ0n) is 18.9. The number of aliphatic hydroxyl groups is 1. The first kappa shape index (κ1) is 25.8. The Balaban J connectivity index is 0.00000324. The van der Waals surface area contributed by atoms with Crippen LogP contribution in [0.5, 0.6) is 5.75 Å². The zero-order valence-corrected chi connectivity index (χ0v) is 19.7. The molecular weight excluding hydrogens is 459 g/mol. The van der Waals surface area contributed by atoms with Crippen LogP contribution in [0.4, 0.5) is 21.6 Å². The van der Waals surface area contributed by atoms with Crippen molar-refractivity contribution in [3.8, 4) is 5.75 Å². The topological polar surface area (TPSA) is 106 Å². The first-order valence-corrected chi connectivity index (χ1v) is 12.6. The smallest absolute Gasteiger partial charge is 0.150 e. The van der Waals surface area contributed by atoms with Crippen LogP contribution in [0.2, 0.25) is 0 Å². The molecule has 0 radical (unpaired) electrons. The molecule has 184 valence electrons. The summed E-state index contributed by atoms with van der Waals surface area (Å²) < 4.78 is 42.2. The molecule has 1 aliphatic rings. The molecule has 2 heterocycles. The van der Waals surface area contributed by atoms with Crippen molar-refractivity contribution >= 4 is 37.8 Å². The van der Waals surface area contributed by atoms with Gasteiger partial charge in [-0.3, -0.25) is 0 Å². The van der Waals surface area contributed by atoms with Crippen molar-refractivity contribution in [2.45, 2.75) is 45.7 Å². The average Bonchev–Trinajstić information content (AvgIpc) is 3.14. The van der Waals surface area contributed by atoms with Gasteiger partial charge in [-0.1, -0.05) is 21.3 Å². The third-order valence-electron chi connectivity index (χ3n) is 5.56. The molecular formula is C24H31FN4O4S. The van der Waals surface area contributed by atoms with Gasteiger partial charge in [0.25, 0.3) is 0 Å². The van der Waals surface area contributed by atoms with Crippen LogP contribution in [0.1, 0.15) is 26.8 Å². The molecule has 4 rings (SSSR count). The minimum atomic E-state index is -2.39.